The zero-order chi connectivity index (χ0) is 12.6. The van der Waals surface area contributed by atoms with Crippen molar-refractivity contribution in [2.24, 2.45) is 11.3 Å². The zero-order valence-electron chi connectivity index (χ0n) is 11.3. The van der Waals surface area contributed by atoms with Crippen molar-refractivity contribution in [3.05, 3.63) is 0 Å². The van der Waals surface area contributed by atoms with Gasteiger partial charge in [-0.25, -0.2) is 0 Å². The Balaban J connectivity index is 1.60. The smallest absolute Gasteiger partial charge is 0.228 e. The normalized spacial score (nSPS) is 37.1. The van der Waals surface area contributed by atoms with Crippen molar-refractivity contribution in [1.82, 2.24) is 10.2 Å². The highest BCUT2D eigenvalue weighted by Gasteiger charge is 2.46. The molecule has 1 amide bonds. The largest absolute Gasteiger partial charge is 0.384 e. The molecule has 1 N–H and O–H groups in total. The molecule has 4 heteroatoms. The summed E-state index contributed by atoms with van der Waals surface area (Å²) >= 11 is 0. The molecule has 0 aromatic carbocycles. The van der Waals surface area contributed by atoms with Crippen LogP contribution in [0.15, 0.2) is 0 Å². The number of piperidine rings is 3. The molecule has 3 saturated heterocycles. The van der Waals surface area contributed by atoms with E-state index in [2.05, 4.69) is 10.2 Å². The van der Waals surface area contributed by atoms with E-state index in [9.17, 15) is 4.79 Å². The van der Waals surface area contributed by atoms with Crippen LogP contribution in [0.5, 0.6) is 0 Å². The van der Waals surface area contributed by atoms with Gasteiger partial charge in [0.25, 0.3) is 0 Å². The minimum Gasteiger partial charge on any atom is -0.384 e. The topological polar surface area (TPSA) is 41.6 Å². The lowest BCUT2D eigenvalue weighted by Crippen LogP contribution is -2.60. The molecule has 1 unspecified atom stereocenters. The zero-order valence-corrected chi connectivity index (χ0v) is 11.3. The maximum atomic E-state index is 12.5. The molecular weight excluding hydrogens is 228 g/mol. The Morgan fingerprint density at radius 1 is 1.39 bits per heavy atom. The Morgan fingerprint density at radius 3 is 2.56 bits per heavy atom. The second-order valence-corrected chi connectivity index (χ2v) is 6.28. The van der Waals surface area contributed by atoms with Gasteiger partial charge in [-0.2, -0.15) is 0 Å². The number of hydrogen-bond donors (Lipinski definition) is 1. The van der Waals surface area contributed by atoms with Gasteiger partial charge < -0.3 is 15.0 Å². The minimum atomic E-state index is -0.208. The van der Waals surface area contributed by atoms with E-state index >= 15 is 0 Å². The van der Waals surface area contributed by atoms with Crippen LogP contribution in [-0.2, 0) is 9.53 Å². The Kier molecular flexibility index (Phi) is 3.32. The van der Waals surface area contributed by atoms with Crippen LogP contribution in [0, 0.1) is 11.3 Å². The van der Waals surface area contributed by atoms with E-state index in [-0.39, 0.29) is 11.3 Å². The van der Waals surface area contributed by atoms with Gasteiger partial charge in [-0.05, 0) is 44.7 Å². The second-order valence-electron chi connectivity index (χ2n) is 6.28. The van der Waals surface area contributed by atoms with Crippen LogP contribution in [0.2, 0.25) is 0 Å². The van der Waals surface area contributed by atoms with Crippen molar-refractivity contribution in [1.29, 1.82) is 0 Å². The van der Waals surface area contributed by atoms with E-state index in [1.807, 2.05) is 0 Å². The molecule has 1 aliphatic carbocycles. The maximum Gasteiger partial charge on any atom is 0.228 e. The summed E-state index contributed by atoms with van der Waals surface area (Å²) in [5.74, 6) is 0.952. The van der Waals surface area contributed by atoms with Crippen molar-refractivity contribution in [2.45, 2.75) is 38.1 Å². The lowest BCUT2D eigenvalue weighted by atomic mass is 9.68. The van der Waals surface area contributed by atoms with Crippen LogP contribution >= 0.6 is 0 Å². The molecule has 3 heterocycles. The standard InChI is InChI=1S/C14H24N2O2/c1-18-10-14(5-2-6-14)13(17)15-12-9-16-7-3-11(12)4-8-16/h11-12H,2-10H2,1H3,(H,15,17). The van der Waals surface area contributed by atoms with E-state index in [4.69, 9.17) is 4.74 Å². The van der Waals surface area contributed by atoms with Crippen LogP contribution in [-0.4, -0.2) is 50.2 Å². The van der Waals surface area contributed by atoms with Gasteiger partial charge in [-0.3, -0.25) is 4.79 Å². The van der Waals surface area contributed by atoms with Gasteiger partial charge in [0.15, 0.2) is 0 Å². The summed E-state index contributed by atoms with van der Waals surface area (Å²) in [5, 5.41) is 3.32. The predicted octanol–water partition coefficient (Wildman–Crippen LogP) is 1.01. The van der Waals surface area contributed by atoms with Crippen LogP contribution in [0.25, 0.3) is 0 Å². The third-order valence-corrected chi connectivity index (χ3v) is 5.19. The Bertz CT molecular complexity index is 320. The van der Waals surface area contributed by atoms with Gasteiger partial charge >= 0.3 is 0 Å². The fraction of sp³-hybridized carbons (Fsp3) is 0.929. The molecular formula is C14H24N2O2. The summed E-state index contributed by atoms with van der Waals surface area (Å²) in [7, 11) is 1.70. The van der Waals surface area contributed by atoms with Crippen LogP contribution < -0.4 is 5.32 Å². The fourth-order valence-corrected chi connectivity index (χ4v) is 3.77. The van der Waals surface area contributed by atoms with Crippen LogP contribution in [0.3, 0.4) is 0 Å². The molecule has 0 aromatic rings. The number of ether oxygens (including phenoxy) is 1. The van der Waals surface area contributed by atoms with E-state index in [1.165, 1.54) is 25.9 Å². The molecule has 4 aliphatic rings. The molecule has 1 saturated carbocycles. The number of carbonyl (C=O) groups excluding carboxylic acids is 1. The molecule has 0 spiro atoms. The molecule has 4 fully saturated rings. The predicted molar refractivity (Wildman–Crippen MR) is 69.3 cm³/mol. The van der Waals surface area contributed by atoms with Gasteiger partial charge in [0, 0.05) is 19.7 Å². The number of hydrogen-bond acceptors (Lipinski definition) is 3. The Labute approximate surface area is 109 Å². The molecule has 0 aromatic heterocycles. The SMILES string of the molecule is COCC1(C(=O)NC2CN3CCC2CC3)CCC1. The van der Waals surface area contributed by atoms with Gasteiger partial charge in [0.2, 0.25) is 5.91 Å². The summed E-state index contributed by atoms with van der Waals surface area (Å²) in [4.78, 5) is 15.0. The minimum absolute atomic E-state index is 0.208. The monoisotopic (exact) mass is 252 g/mol. The third kappa shape index (κ3) is 2.05. The van der Waals surface area contributed by atoms with E-state index in [1.54, 1.807) is 7.11 Å². The summed E-state index contributed by atoms with van der Waals surface area (Å²) in [5.41, 5.74) is -0.208. The first-order chi connectivity index (χ1) is 8.73. The average molecular weight is 252 g/mol. The van der Waals surface area contributed by atoms with Crippen LogP contribution in [0.4, 0.5) is 0 Å². The van der Waals surface area contributed by atoms with Gasteiger partial charge in [0.05, 0.1) is 12.0 Å². The van der Waals surface area contributed by atoms with Crippen molar-refractivity contribution in [2.75, 3.05) is 33.4 Å². The van der Waals surface area contributed by atoms with Crippen molar-refractivity contribution in [3.63, 3.8) is 0 Å². The highest BCUT2D eigenvalue weighted by atomic mass is 16.5. The summed E-state index contributed by atoms with van der Waals surface area (Å²) in [6, 6.07) is 0.384. The van der Waals surface area contributed by atoms with Crippen molar-refractivity contribution < 1.29 is 9.53 Å². The molecule has 0 radical (unpaired) electrons. The Morgan fingerprint density at radius 2 is 2.11 bits per heavy atom. The molecule has 102 valence electrons. The van der Waals surface area contributed by atoms with E-state index in [0.717, 1.165) is 25.8 Å². The summed E-state index contributed by atoms with van der Waals surface area (Å²) in [6.07, 6.45) is 5.66. The van der Waals surface area contributed by atoms with Gasteiger partial charge in [0.1, 0.15) is 0 Å². The highest BCUT2D eigenvalue weighted by molar-refractivity contribution is 5.84. The number of carbonyl (C=O) groups is 1. The average Bonchev–Trinajstić information content (AvgIpc) is 2.35. The molecule has 4 nitrogen and oxygen atoms in total. The first-order valence-electron chi connectivity index (χ1n) is 7.26. The fourth-order valence-electron chi connectivity index (χ4n) is 3.77. The quantitative estimate of drug-likeness (QED) is 0.812. The van der Waals surface area contributed by atoms with Gasteiger partial charge in [-0.1, -0.05) is 6.42 Å². The lowest BCUT2D eigenvalue weighted by Gasteiger charge is -2.47. The highest BCUT2D eigenvalue weighted by Crippen LogP contribution is 2.41. The second kappa shape index (κ2) is 4.82. The maximum absolute atomic E-state index is 12.5. The number of rotatable bonds is 4. The summed E-state index contributed by atoms with van der Waals surface area (Å²) in [6.45, 7) is 4.08. The third-order valence-electron chi connectivity index (χ3n) is 5.19. The number of nitrogens with zero attached hydrogens (tertiary/aromatic N) is 1. The first kappa shape index (κ1) is 12.4. The number of methoxy groups -OCH3 is 1. The lowest BCUT2D eigenvalue weighted by molar-refractivity contribution is -0.142. The molecule has 2 bridgehead atoms. The number of nitrogens with one attached hydrogen (secondary N) is 1. The van der Waals surface area contributed by atoms with Crippen molar-refractivity contribution >= 4 is 5.91 Å². The number of amides is 1. The summed E-state index contributed by atoms with van der Waals surface area (Å²) < 4.78 is 5.25. The molecule has 3 aliphatic heterocycles. The van der Waals surface area contributed by atoms with E-state index in [0.29, 0.717) is 18.6 Å². The van der Waals surface area contributed by atoms with Gasteiger partial charge in [-0.15, -0.1) is 0 Å². The number of fused-ring (bicyclic) bond motifs is 3. The van der Waals surface area contributed by atoms with Crippen molar-refractivity contribution in [3.8, 4) is 0 Å². The Hall–Kier alpha value is -0.610. The van der Waals surface area contributed by atoms with E-state index < -0.39 is 0 Å². The van der Waals surface area contributed by atoms with Crippen LogP contribution in [0.1, 0.15) is 32.1 Å². The molecule has 1 atom stereocenters. The molecule has 4 rings (SSSR count). The molecule has 18 heavy (non-hydrogen) atoms. The first-order valence-corrected chi connectivity index (χ1v) is 7.26.